The number of nitrogens with one attached hydrogen (secondary N) is 1. The van der Waals surface area contributed by atoms with Gasteiger partial charge in [-0.15, -0.1) is 0 Å². The van der Waals surface area contributed by atoms with Crippen LogP contribution in [0.1, 0.15) is 18.4 Å². The van der Waals surface area contributed by atoms with E-state index < -0.39 is 5.41 Å². The molecule has 0 aromatic heterocycles. The number of carbonyl (C=O) groups excluding carboxylic acids is 1. The summed E-state index contributed by atoms with van der Waals surface area (Å²) in [5.74, 6) is 0.610. The van der Waals surface area contributed by atoms with E-state index in [1.54, 1.807) is 7.11 Å². The molecular formula is C15H20N2O3S. The van der Waals surface area contributed by atoms with Crippen molar-refractivity contribution in [1.29, 1.82) is 0 Å². The number of rotatable bonds is 5. The summed E-state index contributed by atoms with van der Waals surface area (Å²) >= 11 is 5.12. The van der Waals surface area contributed by atoms with Crippen molar-refractivity contribution in [3.8, 4) is 5.75 Å². The van der Waals surface area contributed by atoms with E-state index in [9.17, 15) is 4.79 Å². The van der Waals surface area contributed by atoms with E-state index in [0.29, 0.717) is 32.6 Å². The summed E-state index contributed by atoms with van der Waals surface area (Å²) in [5.41, 5.74) is 5.94. The molecule has 0 radical (unpaired) electrons. The first-order valence-electron chi connectivity index (χ1n) is 6.88. The molecular weight excluding hydrogens is 288 g/mol. The predicted octanol–water partition coefficient (Wildman–Crippen LogP) is 1.39. The molecule has 5 nitrogen and oxygen atoms in total. The highest BCUT2D eigenvalue weighted by atomic mass is 32.1. The zero-order valence-corrected chi connectivity index (χ0v) is 12.9. The van der Waals surface area contributed by atoms with Crippen LogP contribution in [0.2, 0.25) is 0 Å². The van der Waals surface area contributed by atoms with Crippen LogP contribution in [0.15, 0.2) is 24.3 Å². The average molecular weight is 308 g/mol. The number of hydrogen-bond donors (Lipinski definition) is 2. The number of thiocarbonyl (C=S) groups is 1. The van der Waals surface area contributed by atoms with Crippen LogP contribution < -0.4 is 15.8 Å². The third kappa shape index (κ3) is 3.33. The SMILES string of the molecule is COc1ccccc1CNC(=O)C1(C(N)=S)CCOCC1. The maximum atomic E-state index is 12.6. The monoisotopic (exact) mass is 308 g/mol. The second-order valence-electron chi connectivity index (χ2n) is 5.05. The van der Waals surface area contributed by atoms with E-state index in [1.165, 1.54) is 0 Å². The van der Waals surface area contributed by atoms with Gasteiger partial charge in [0.2, 0.25) is 5.91 Å². The second kappa shape index (κ2) is 6.87. The van der Waals surface area contributed by atoms with E-state index in [-0.39, 0.29) is 10.9 Å². The lowest BCUT2D eigenvalue weighted by molar-refractivity contribution is -0.131. The van der Waals surface area contributed by atoms with Crippen molar-refractivity contribution < 1.29 is 14.3 Å². The largest absolute Gasteiger partial charge is 0.496 e. The van der Waals surface area contributed by atoms with E-state index in [0.717, 1.165) is 11.3 Å². The summed E-state index contributed by atoms with van der Waals surface area (Å²) in [4.78, 5) is 12.8. The number of ether oxygens (including phenoxy) is 2. The molecule has 21 heavy (non-hydrogen) atoms. The average Bonchev–Trinajstić information content (AvgIpc) is 2.53. The van der Waals surface area contributed by atoms with Crippen LogP contribution in [0.5, 0.6) is 5.75 Å². The first-order valence-corrected chi connectivity index (χ1v) is 7.29. The predicted molar refractivity (Wildman–Crippen MR) is 84.1 cm³/mol. The molecule has 0 aliphatic carbocycles. The smallest absolute Gasteiger partial charge is 0.233 e. The Bertz CT molecular complexity index is 527. The van der Waals surface area contributed by atoms with Gasteiger partial charge in [-0.05, 0) is 18.9 Å². The van der Waals surface area contributed by atoms with Gasteiger partial charge in [-0.25, -0.2) is 0 Å². The van der Waals surface area contributed by atoms with Crippen LogP contribution in [0, 0.1) is 5.41 Å². The molecule has 3 N–H and O–H groups in total. The van der Waals surface area contributed by atoms with Crippen LogP contribution in [0.25, 0.3) is 0 Å². The highest BCUT2D eigenvalue weighted by molar-refractivity contribution is 7.80. The fourth-order valence-electron chi connectivity index (χ4n) is 2.50. The molecule has 0 spiro atoms. The number of nitrogens with two attached hydrogens (primary N) is 1. The van der Waals surface area contributed by atoms with Crippen LogP contribution in [-0.2, 0) is 16.1 Å². The minimum absolute atomic E-state index is 0.135. The molecule has 114 valence electrons. The first-order chi connectivity index (χ1) is 10.1. The Kier molecular flexibility index (Phi) is 5.14. The molecule has 0 atom stereocenters. The molecule has 1 aliphatic heterocycles. The molecule has 1 fully saturated rings. The molecule has 1 amide bonds. The van der Waals surface area contributed by atoms with Crippen molar-refractivity contribution >= 4 is 23.1 Å². The maximum Gasteiger partial charge on any atom is 0.233 e. The van der Waals surface area contributed by atoms with Crippen molar-refractivity contribution in [1.82, 2.24) is 5.32 Å². The Morgan fingerprint density at radius 1 is 1.43 bits per heavy atom. The Morgan fingerprint density at radius 3 is 2.71 bits per heavy atom. The Hall–Kier alpha value is -1.66. The van der Waals surface area contributed by atoms with E-state index >= 15 is 0 Å². The van der Waals surface area contributed by atoms with Gasteiger partial charge < -0.3 is 20.5 Å². The van der Waals surface area contributed by atoms with E-state index in [1.807, 2.05) is 24.3 Å². The summed E-state index contributed by atoms with van der Waals surface area (Å²) < 4.78 is 10.6. The van der Waals surface area contributed by atoms with E-state index in [4.69, 9.17) is 27.4 Å². The molecule has 1 heterocycles. The van der Waals surface area contributed by atoms with Crippen LogP contribution in [0.4, 0.5) is 0 Å². The van der Waals surface area contributed by atoms with Gasteiger partial charge in [0.05, 0.1) is 12.1 Å². The molecule has 0 saturated carbocycles. The van der Waals surface area contributed by atoms with Gasteiger partial charge in [0.25, 0.3) is 0 Å². The standard InChI is InChI=1S/C15H20N2O3S/c1-19-12-5-3-2-4-11(12)10-17-14(18)15(13(16)21)6-8-20-9-7-15/h2-5H,6-10H2,1H3,(H2,16,21)(H,17,18). The Morgan fingerprint density at radius 2 is 2.10 bits per heavy atom. The highest BCUT2D eigenvalue weighted by Crippen LogP contribution is 2.31. The Balaban J connectivity index is 2.07. The number of hydrogen-bond acceptors (Lipinski definition) is 4. The summed E-state index contributed by atoms with van der Waals surface area (Å²) in [6.07, 6.45) is 1.06. The first kappa shape index (κ1) is 15.7. The number of para-hydroxylation sites is 1. The number of benzene rings is 1. The summed E-state index contributed by atoms with van der Waals surface area (Å²) in [5, 5.41) is 2.92. The van der Waals surface area contributed by atoms with Gasteiger partial charge in [-0.1, -0.05) is 30.4 Å². The minimum Gasteiger partial charge on any atom is -0.496 e. The third-order valence-corrected chi connectivity index (χ3v) is 4.28. The lowest BCUT2D eigenvalue weighted by atomic mass is 9.79. The molecule has 0 unspecified atom stereocenters. The molecule has 1 aromatic rings. The van der Waals surface area contributed by atoms with Gasteiger partial charge in [-0.3, -0.25) is 4.79 Å². The lowest BCUT2D eigenvalue weighted by Crippen LogP contribution is -2.51. The van der Waals surface area contributed by atoms with Crippen molar-refractivity contribution in [2.45, 2.75) is 19.4 Å². The van der Waals surface area contributed by atoms with Crippen LogP contribution >= 0.6 is 12.2 Å². The van der Waals surface area contributed by atoms with Gasteiger partial charge in [0, 0.05) is 25.3 Å². The van der Waals surface area contributed by atoms with E-state index in [2.05, 4.69) is 5.32 Å². The zero-order chi connectivity index (χ0) is 15.3. The minimum atomic E-state index is -0.796. The number of amides is 1. The zero-order valence-electron chi connectivity index (χ0n) is 12.1. The van der Waals surface area contributed by atoms with Crippen molar-refractivity contribution in [3.05, 3.63) is 29.8 Å². The van der Waals surface area contributed by atoms with Crippen LogP contribution in [0.3, 0.4) is 0 Å². The summed E-state index contributed by atoms with van der Waals surface area (Å²) in [6.45, 7) is 1.38. The quantitative estimate of drug-likeness (QED) is 0.804. The van der Waals surface area contributed by atoms with Crippen LogP contribution in [-0.4, -0.2) is 31.2 Å². The fraction of sp³-hybridized carbons (Fsp3) is 0.467. The number of methoxy groups -OCH3 is 1. The molecule has 2 rings (SSSR count). The molecule has 0 bridgehead atoms. The van der Waals surface area contributed by atoms with Gasteiger partial charge in [0.1, 0.15) is 11.2 Å². The summed E-state index contributed by atoms with van der Waals surface area (Å²) in [7, 11) is 1.61. The highest BCUT2D eigenvalue weighted by Gasteiger charge is 2.42. The lowest BCUT2D eigenvalue weighted by Gasteiger charge is -2.34. The third-order valence-electron chi connectivity index (χ3n) is 3.88. The van der Waals surface area contributed by atoms with Gasteiger partial charge in [-0.2, -0.15) is 0 Å². The topological polar surface area (TPSA) is 73.6 Å². The maximum absolute atomic E-state index is 12.6. The molecule has 1 saturated heterocycles. The Labute approximate surface area is 129 Å². The second-order valence-corrected chi connectivity index (χ2v) is 5.49. The molecule has 6 heteroatoms. The van der Waals surface area contributed by atoms with Crippen molar-refractivity contribution in [2.75, 3.05) is 20.3 Å². The molecule has 1 aliphatic rings. The summed E-state index contributed by atoms with van der Waals surface area (Å²) in [6, 6.07) is 7.57. The van der Waals surface area contributed by atoms with Gasteiger partial charge >= 0.3 is 0 Å². The van der Waals surface area contributed by atoms with Crippen molar-refractivity contribution in [3.63, 3.8) is 0 Å². The van der Waals surface area contributed by atoms with Gasteiger partial charge in [0.15, 0.2) is 0 Å². The normalized spacial score (nSPS) is 17.0. The number of carbonyl (C=O) groups is 1. The fourth-order valence-corrected chi connectivity index (χ4v) is 2.80. The molecule has 1 aromatic carbocycles. The van der Waals surface area contributed by atoms with Crippen molar-refractivity contribution in [2.24, 2.45) is 11.1 Å².